The molecule has 10 heteroatoms. The fraction of sp³-hybridized carbons (Fsp3) is 0.120. The van der Waals surface area contributed by atoms with Gasteiger partial charge in [0.2, 0.25) is 0 Å². The van der Waals surface area contributed by atoms with Crippen molar-refractivity contribution >= 4 is 33.7 Å². The number of nitrogens with zero attached hydrogens (tertiary/aromatic N) is 1. The number of carbonyl (C=O) groups excluding carboxylic acids is 4. The highest BCUT2D eigenvalue weighted by Crippen LogP contribution is 2.20. The molecule has 35 heavy (non-hydrogen) atoms. The minimum Gasteiger partial charge on any atom is -0.288 e. The van der Waals surface area contributed by atoms with Crippen molar-refractivity contribution in [1.29, 1.82) is 0 Å². The Morgan fingerprint density at radius 1 is 0.743 bits per heavy atom. The second-order valence-corrected chi connectivity index (χ2v) is 8.72. The molecule has 0 atom stereocenters. The van der Waals surface area contributed by atoms with Crippen molar-refractivity contribution in [2.24, 2.45) is 0 Å². The molecule has 0 spiro atoms. The number of hydrogen-bond acceptors (Lipinski definition) is 7. The number of nitrogens with one attached hydrogen (secondary N) is 1. The van der Waals surface area contributed by atoms with Crippen LogP contribution < -0.4 is 5.32 Å². The van der Waals surface area contributed by atoms with Crippen LogP contribution in [0.5, 0.6) is 0 Å². The smallest absolute Gasteiger partial charge is 0.288 e. The van der Waals surface area contributed by atoms with Gasteiger partial charge in [-0.1, -0.05) is 42.0 Å². The van der Waals surface area contributed by atoms with E-state index in [1.54, 1.807) is 55.5 Å². The monoisotopic (exact) mass is 500 g/mol. The molecule has 0 saturated heterocycles. The number of benzene rings is 3. The number of rotatable bonds is 2. The van der Waals surface area contributed by atoms with Crippen molar-refractivity contribution in [2.45, 2.75) is 11.8 Å². The van der Waals surface area contributed by atoms with E-state index < -0.39 is 35.9 Å². The molecule has 0 radical (unpaired) electrons. The summed E-state index contributed by atoms with van der Waals surface area (Å²) in [5.41, 5.74) is 2.12. The molecule has 0 bridgehead atoms. The lowest BCUT2D eigenvalue weighted by Crippen LogP contribution is -2.24. The normalized spacial score (nSPS) is 17.0. The van der Waals surface area contributed by atoms with E-state index in [-0.39, 0.29) is 27.8 Å². The Hall–Kier alpha value is -4.15. The lowest BCUT2D eigenvalue weighted by molar-refractivity contribution is 0.0691. The van der Waals surface area contributed by atoms with Crippen molar-refractivity contribution in [2.75, 3.05) is 14.0 Å². The van der Waals surface area contributed by atoms with Crippen LogP contribution in [0.15, 0.2) is 77.7 Å². The first kappa shape index (κ1) is 18.2. The van der Waals surface area contributed by atoms with E-state index in [0.29, 0.717) is 16.0 Å². The topological polar surface area (TPSA) is 127 Å². The van der Waals surface area contributed by atoms with Gasteiger partial charge in [0.15, 0.2) is 0 Å². The van der Waals surface area contributed by atoms with Crippen molar-refractivity contribution in [3.63, 3.8) is 0 Å². The second kappa shape index (κ2) is 10.4. The Morgan fingerprint density at radius 3 is 1.63 bits per heavy atom. The first-order valence-electron chi connectivity index (χ1n) is 12.9. The van der Waals surface area contributed by atoms with Gasteiger partial charge < -0.3 is 0 Å². The van der Waals surface area contributed by atoms with Gasteiger partial charge >= 0.3 is 0 Å². The summed E-state index contributed by atoms with van der Waals surface area (Å²) < 4.78 is 68.2. The van der Waals surface area contributed by atoms with E-state index in [1.165, 1.54) is 24.3 Å². The standard InChI is InChI=1S/C9H7NO2.C8H5NO2.C8H10O3S/c1-10-8(11)6-4-2-3-5-7(6)9(10)12;10-7-5-3-1-2-4-6(5)8(11)9-7;1-7-3-5-8(6-4-7)12(9,10)11-2/h2-5H,1H3;1-4H,(H,9,10,11);3-6H,1-2H3/i1D3;;2D3. The van der Waals surface area contributed by atoms with Gasteiger partial charge in [0.25, 0.3) is 33.7 Å². The van der Waals surface area contributed by atoms with Crippen LogP contribution >= 0.6 is 0 Å². The summed E-state index contributed by atoms with van der Waals surface area (Å²) in [5, 5.41) is 2.20. The van der Waals surface area contributed by atoms with Gasteiger partial charge in [-0.2, -0.15) is 8.42 Å². The Morgan fingerprint density at radius 2 is 1.20 bits per heavy atom. The average molecular weight is 501 g/mol. The predicted octanol–water partition coefficient (Wildman–Crippen LogP) is 2.81. The van der Waals surface area contributed by atoms with E-state index in [4.69, 9.17) is 8.22 Å². The molecule has 0 aromatic heterocycles. The van der Waals surface area contributed by atoms with Gasteiger partial charge in [-0.15, -0.1) is 0 Å². The number of fused-ring (bicyclic) bond motifs is 2. The van der Waals surface area contributed by atoms with Crippen LogP contribution in [-0.2, 0) is 14.3 Å². The molecule has 0 aliphatic carbocycles. The Labute approximate surface area is 210 Å². The van der Waals surface area contributed by atoms with Gasteiger partial charge in [-0.3, -0.25) is 33.6 Å². The van der Waals surface area contributed by atoms with Gasteiger partial charge in [0, 0.05) is 11.1 Å². The summed E-state index contributed by atoms with van der Waals surface area (Å²) in [4.78, 5) is 45.2. The van der Waals surface area contributed by atoms with Crippen LogP contribution in [0.25, 0.3) is 0 Å². The summed E-state index contributed by atoms with van der Waals surface area (Å²) in [7, 11) is -7.15. The summed E-state index contributed by atoms with van der Waals surface area (Å²) in [5.74, 6) is -2.11. The summed E-state index contributed by atoms with van der Waals surface area (Å²) in [6.45, 7) is -0.922. The second-order valence-electron chi connectivity index (χ2n) is 7.17. The zero-order valence-corrected chi connectivity index (χ0v) is 19.0. The highest BCUT2D eigenvalue weighted by atomic mass is 32.2. The summed E-state index contributed by atoms with van der Waals surface area (Å²) in [6, 6.07) is 18.5. The molecule has 3 aromatic carbocycles. The average Bonchev–Trinajstić information content (AvgIpc) is 3.31. The van der Waals surface area contributed by atoms with E-state index in [1.807, 2.05) is 0 Å². The lowest BCUT2D eigenvalue weighted by Gasteiger charge is -2.02. The largest absolute Gasteiger partial charge is 0.296 e. The van der Waals surface area contributed by atoms with Crippen molar-refractivity contribution < 1.29 is 40.0 Å². The molecule has 2 aliphatic rings. The zero-order valence-electron chi connectivity index (χ0n) is 24.1. The zero-order chi connectivity index (χ0) is 30.8. The molecule has 5 rings (SSSR count). The molecule has 9 nitrogen and oxygen atoms in total. The minimum absolute atomic E-state index is 0.152. The molecule has 1 N–H and O–H groups in total. The number of carbonyl (C=O) groups is 4. The first-order chi connectivity index (χ1) is 18.9. The van der Waals surface area contributed by atoms with Crippen LogP contribution in [0.2, 0.25) is 0 Å². The third-order valence-electron chi connectivity index (χ3n) is 4.86. The van der Waals surface area contributed by atoms with Crippen LogP contribution in [0.1, 0.15) is 55.2 Å². The molecule has 0 saturated carbocycles. The van der Waals surface area contributed by atoms with Crippen molar-refractivity contribution in [3.8, 4) is 0 Å². The Bertz CT molecular complexity index is 1550. The maximum atomic E-state index is 11.6. The molecular weight excluding hydrogens is 472 g/mol. The van der Waals surface area contributed by atoms with Gasteiger partial charge in [-0.25, -0.2) is 0 Å². The van der Waals surface area contributed by atoms with E-state index in [2.05, 4.69) is 9.50 Å². The molecular formula is C25H22N2O7S. The molecule has 0 unspecified atom stereocenters. The van der Waals surface area contributed by atoms with Gasteiger partial charge in [-0.05, 0) is 43.3 Å². The fourth-order valence-electron chi connectivity index (χ4n) is 3.06. The van der Waals surface area contributed by atoms with Crippen molar-refractivity contribution in [1.82, 2.24) is 10.2 Å². The molecule has 2 heterocycles. The number of amides is 4. The lowest BCUT2D eigenvalue weighted by atomic mass is 10.1. The third kappa shape index (κ3) is 5.51. The summed E-state index contributed by atoms with van der Waals surface area (Å²) in [6.07, 6.45) is 0. The number of hydrogen-bond donors (Lipinski definition) is 1. The minimum atomic E-state index is -4.20. The van der Waals surface area contributed by atoms with Gasteiger partial charge in [0.1, 0.15) is 0 Å². The maximum absolute atomic E-state index is 11.6. The predicted molar refractivity (Wildman–Crippen MR) is 126 cm³/mol. The molecule has 180 valence electrons. The fourth-order valence-corrected chi connectivity index (χ4v) is 3.62. The van der Waals surface area contributed by atoms with E-state index >= 15 is 0 Å². The number of imide groups is 2. The van der Waals surface area contributed by atoms with Crippen LogP contribution in [0.3, 0.4) is 0 Å². The van der Waals surface area contributed by atoms with Crippen LogP contribution in [-0.4, -0.2) is 51.0 Å². The molecule has 2 aliphatic heterocycles. The van der Waals surface area contributed by atoms with Gasteiger partial charge in [0.05, 0.1) is 38.3 Å². The number of aryl methyl sites for hydroxylation is 1. The Balaban J connectivity index is 0.000000171. The van der Waals surface area contributed by atoms with Crippen molar-refractivity contribution in [3.05, 3.63) is 101 Å². The van der Waals surface area contributed by atoms with Crippen LogP contribution in [0, 0.1) is 6.92 Å². The van der Waals surface area contributed by atoms with Crippen LogP contribution in [0.4, 0.5) is 0 Å². The SMILES string of the molecule is O=C1NC(=O)c2ccccc21.[2H]C([2H])([2H])N1C(=O)c2ccccc2C1=O.[2H]C([2H])([2H])OS(=O)(=O)c1ccc(C)cc1. The van der Waals surface area contributed by atoms with E-state index in [0.717, 1.165) is 5.56 Å². The molecule has 4 amide bonds. The third-order valence-corrected chi connectivity index (χ3v) is 5.93. The molecule has 0 fully saturated rings. The maximum Gasteiger partial charge on any atom is 0.296 e. The first-order valence-corrected chi connectivity index (χ1v) is 11.3. The van der Waals surface area contributed by atoms with E-state index in [9.17, 15) is 27.6 Å². The summed E-state index contributed by atoms with van der Waals surface area (Å²) >= 11 is 0. The quantitative estimate of drug-likeness (QED) is 0.423. The highest BCUT2D eigenvalue weighted by Gasteiger charge is 2.31. The molecule has 3 aromatic rings. The highest BCUT2D eigenvalue weighted by molar-refractivity contribution is 7.86. The Kier molecular flexibility index (Phi) is 5.42.